The summed E-state index contributed by atoms with van der Waals surface area (Å²) in [6, 6.07) is 0. The molecule has 0 bridgehead atoms. The molecule has 0 atom stereocenters. The number of hydrogen-bond donors (Lipinski definition) is 0. The average Bonchev–Trinajstić information content (AvgIpc) is 2.52. The Balaban J connectivity index is 0. The van der Waals surface area contributed by atoms with Crippen molar-refractivity contribution in [2.75, 3.05) is 40.9 Å². The lowest BCUT2D eigenvalue weighted by atomic mass is 10.0. The zero-order valence-electron chi connectivity index (χ0n) is 18.0. The monoisotopic (exact) mass is 377 g/mol. The van der Waals surface area contributed by atoms with Gasteiger partial charge in [-0.15, -0.1) is 0 Å². The smallest absolute Gasteiger partial charge is 0.102 e. The fourth-order valence-electron chi connectivity index (χ4n) is 3.02. The van der Waals surface area contributed by atoms with Gasteiger partial charge in [-0.25, -0.2) is 0 Å². The summed E-state index contributed by atoms with van der Waals surface area (Å²) in [5, 5.41) is 0. The summed E-state index contributed by atoms with van der Waals surface area (Å²) in [4.78, 5) is 0. The topological polar surface area (TPSA) is 9.23 Å². The molecule has 3 heteroatoms. The summed E-state index contributed by atoms with van der Waals surface area (Å²) < 4.78 is 6.71. The lowest BCUT2D eigenvalue weighted by Crippen LogP contribution is -3.00. The third-order valence-electron chi connectivity index (χ3n) is 4.80. The van der Waals surface area contributed by atoms with E-state index in [0.717, 1.165) is 24.2 Å². The van der Waals surface area contributed by atoms with Gasteiger partial charge < -0.3 is 21.6 Å². The van der Waals surface area contributed by atoms with Gasteiger partial charge in [-0.3, -0.25) is 0 Å². The van der Waals surface area contributed by atoms with Crippen molar-refractivity contribution in [2.24, 2.45) is 0 Å². The van der Waals surface area contributed by atoms with E-state index in [1.165, 1.54) is 96.3 Å². The summed E-state index contributed by atoms with van der Waals surface area (Å²) in [5.41, 5.74) is 0. The van der Waals surface area contributed by atoms with Crippen molar-refractivity contribution in [1.29, 1.82) is 0 Å². The lowest BCUT2D eigenvalue weighted by molar-refractivity contribution is -0.870. The highest BCUT2D eigenvalue weighted by Gasteiger charge is 2.05. The molecular weight excluding hydrogens is 330 g/mol. The first-order chi connectivity index (χ1) is 11.6. The summed E-state index contributed by atoms with van der Waals surface area (Å²) in [6.07, 6.45) is 21.4. The summed E-state index contributed by atoms with van der Waals surface area (Å²) in [6.45, 7) is 5.26. The Kier molecular flexibility index (Phi) is 22.5. The maximum atomic E-state index is 5.71. The first-order valence-corrected chi connectivity index (χ1v) is 10.9. The maximum Gasteiger partial charge on any atom is 0.102 e. The molecule has 0 saturated carbocycles. The van der Waals surface area contributed by atoms with E-state index in [1.54, 1.807) is 0 Å². The first kappa shape index (κ1) is 27.4. The van der Waals surface area contributed by atoms with E-state index in [4.69, 9.17) is 4.74 Å². The van der Waals surface area contributed by atoms with E-state index in [2.05, 4.69) is 28.1 Å². The number of unbranched alkanes of at least 4 members (excludes halogenated alkanes) is 14. The highest BCUT2D eigenvalue weighted by molar-refractivity contribution is 4.49. The van der Waals surface area contributed by atoms with Crippen molar-refractivity contribution in [3.63, 3.8) is 0 Å². The van der Waals surface area contributed by atoms with Crippen molar-refractivity contribution >= 4 is 0 Å². The van der Waals surface area contributed by atoms with Crippen LogP contribution < -0.4 is 12.4 Å². The third-order valence-corrected chi connectivity index (χ3v) is 4.80. The van der Waals surface area contributed by atoms with Crippen molar-refractivity contribution in [1.82, 2.24) is 0 Å². The highest BCUT2D eigenvalue weighted by atomic mass is 35.5. The zero-order chi connectivity index (χ0) is 17.9. The molecule has 0 spiro atoms. The molecule has 0 rings (SSSR count). The molecule has 0 N–H and O–H groups in total. The van der Waals surface area contributed by atoms with Crippen LogP contribution in [0.15, 0.2) is 0 Å². The van der Waals surface area contributed by atoms with Crippen LogP contribution in [0.3, 0.4) is 0 Å². The molecule has 0 amide bonds. The Morgan fingerprint density at radius 2 is 0.880 bits per heavy atom. The molecule has 0 radical (unpaired) electrons. The van der Waals surface area contributed by atoms with E-state index in [1.807, 2.05) is 0 Å². The Labute approximate surface area is 166 Å². The normalized spacial score (nSPS) is 11.5. The van der Waals surface area contributed by atoms with Crippen molar-refractivity contribution in [3.05, 3.63) is 0 Å². The summed E-state index contributed by atoms with van der Waals surface area (Å²) in [7, 11) is 6.66. The molecule has 2 nitrogen and oxygen atoms in total. The first-order valence-electron chi connectivity index (χ1n) is 10.9. The van der Waals surface area contributed by atoms with Crippen LogP contribution >= 0.6 is 0 Å². The van der Waals surface area contributed by atoms with Crippen molar-refractivity contribution in [3.8, 4) is 0 Å². The molecule has 0 aliphatic carbocycles. The summed E-state index contributed by atoms with van der Waals surface area (Å²) >= 11 is 0. The van der Waals surface area contributed by atoms with Crippen LogP contribution in [-0.4, -0.2) is 45.4 Å². The van der Waals surface area contributed by atoms with Gasteiger partial charge in [0.1, 0.15) is 6.54 Å². The lowest BCUT2D eigenvalue weighted by Gasteiger charge is -2.23. The molecule has 0 aliphatic heterocycles. The van der Waals surface area contributed by atoms with Gasteiger partial charge in [-0.05, 0) is 6.42 Å². The minimum Gasteiger partial charge on any atom is -1.00 e. The quantitative estimate of drug-likeness (QED) is 0.247. The van der Waals surface area contributed by atoms with E-state index in [-0.39, 0.29) is 12.4 Å². The van der Waals surface area contributed by atoms with Gasteiger partial charge in [0.15, 0.2) is 0 Å². The minimum atomic E-state index is 0. The molecule has 0 aromatic heterocycles. The fraction of sp³-hybridized carbons (Fsp3) is 1.00. The van der Waals surface area contributed by atoms with Gasteiger partial charge in [-0.2, -0.15) is 0 Å². The number of likely N-dealkylation sites (N-methyl/N-ethyl adjacent to an activating group) is 1. The number of nitrogens with zero attached hydrogens (tertiary/aromatic N) is 1. The molecular formula is C22H48ClNO. The van der Waals surface area contributed by atoms with Crippen LogP contribution in [0.1, 0.15) is 103 Å². The maximum absolute atomic E-state index is 5.71. The molecule has 0 aromatic rings. The standard InChI is InChI=1S/C22H48NO.ClH/c1-5-6-7-8-9-10-11-12-13-14-15-16-17-18-19-21-24-22-20-23(2,3)4;/h5-22H2,1-4H3;1H/q+1;/p-1. The number of quaternary nitrogens is 1. The average molecular weight is 378 g/mol. The van der Waals surface area contributed by atoms with E-state index in [9.17, 15) is 0 Å². The molecule has 0 saturated heterocycles. The van der Waals surface area contributed by atoms with Crippen LogP contribution in [-0.2, 0) is 4.74 Å². The van der Waals surface area contributed by atoms with Crippen LogP contribution in [0.5, 0.6) is 0 Å². The van der Waals surface area contributed by atoms with E-state index < -0.39 is 0 Å². The van der Waals surface area contributed by atoms with Crippen molar-refractivity contribution in [2.45, 2.75) is 103 Å². The van der Waals surface area contributed by atoms with Gasteiger partial charge in [0.2, 0.25) is 0 Å². The molecule has 154 valence electrons. The second-order valence-electron chi connectivity index (χ2n) is 8.58. The van der Waals surface area contributed by atoms with Crippen LogP contribution in [0.2, 0.25) is 0 Å². The third kappa shape index (κ3) is 26.5. The number of rotatable bonds is 19. The SMILES string of the molecule is CCCCCCCCCCCCCCCCCOCC[N+](C)(C)C.[Cl-]. The molecule has 0 fully saturated rings. The molecule has 0 unspecified atom stereocenters. The molecule has 0 aliphatic rings. The van der Waals surface area contributed by atoms with Crippen LogP contribution in [0, 0.1) is 0 Å². The summed E-state index contributed by atoms with van der Waals surface area (Å²) in [5.74, 6) is 0. The van der Waals surface area contributed by atoms with Crippen LogP contribution in [0.4, 0.5) is 0 Å². The largest absolute Gasteiger partial charge is 1.00 e. The highest BCUT2D eigenvalue weighted by Crippen LogP contribution is 2.13. The van der Waals surface area contributed by atoms with E-state index in [0.29, 0.717) is 0 Å². The van der Waals surface area contributed by atoms with Gasteiger partial charge in [0, 0.05) is 6.61 Å². The number of ether oxygens (including phenoxy) is 1. The van der Waals surface area contributed by atoms with Crippen LogP contribution in [0.25, 0.3) is 0 Å². The predicted octanol–water partition coefficient (Wildman–Crippen LogP) is 3.58. The Hall–Kier alpha value is 0.210. The van der Waals surface area contributed by atoms with Gasteiger partial charge >= 0.3 is 0 Å². The second-order valence-corrected chi connectivity index (χ2v) is 8.58. The fourth-order valence-corrected chi connectivity index (χ4v) is 3.02. The van der Waals surface area contributed by atoms with Gasteiger partial charge in [0.25, 0.3) is 0 Å². The van der Waals surface area contributed by atoms with Gasteiger partial charge in [0.05, 0.1) is 27.7 Å². The second kappa shape index (κ2) is 20.5. The van der Waals surface area contributed by atoms with Crippen molar-refractivity contribution < 1.29 is 21.6 Å². The Morgan fingerprint density at radius 3 is 1.24 bits per heavy atom. The molecule has 0 aromatic carbocycles. The zero-order valence-corrected chi connectivity index (χ0v) is 18.7. The van der Waals surface area contributed by atoms with Gasteiger partial charge in [-0.1, -0.05) is 96.8 Å². The minimum absolute atomic E-state index is 0. The number of halogens is 1. The molecule has 0 heterocycles. The van der Waals surface area contributed by atoms with E-state index >= 15 is 0 Å². The number of hydrogen-bond acceptors (Lipinski definition) is 1. The Bertz CT molecular complexity index is 241. The molecule has 25 heavy (non-hydrogen) atoms. The Morgan fingerprint density at radius 1 is 0.520 bits per heavy atom. The predicted molar refractivity (Wildman–Crippen MR) is 109 cm³/mol.